The molecule has 2 aromatic rings. The van der Waals surface area contributed by atoms with E-state index in [4.69, 9.17) is 0 Å². The maximum Gasteiger partial charge on any atom is 0.211 e. The van der Waals surface area contributed by atoms with Crippen LogP contribution in [-0.4, -0.2) is 16.5 Å². The van der Waals surface area contributed by atoms with E-state index in [-0.39, 0.29) is 5.88 Å². The first kappa shape index (κ1) is 9.33. The van der Waals surface area contributed by atoms with Crippen LogP contribution in [-0.2, 0) is 4.79 Å². The molecule has 4 heteroatoms. The van der Waals surface area contributed by atoms with E-state index in [9.17, 15) is 9.90 Å². The van der Waals surface area contributed by atoms with Crippen LogP contribution in [0, 0.1) is 0 Å². The van der Waals surface area contributed by atoms with Crippen LogP contribution in [0.3, 0.4) is 0 Å². The third-order valence-corrected chi connectivity index (χ3v) is 2.07. The van der Waals surface area contributed by atoms with Gasteiger partial charge in [0.25, 0.3) is 0 Å². The second-order valence-electron chi connectivity index (χ2n) is 3.12. The lowest BCUT2D eigenvalue weighted by molar-refractivity contribution is -0.108. The number of hydrogen-bond donors (Lipinski definition) is 3. The van der Waals surface area contributed by atoms with Crippen molar-refractivity contribution in [1.82, 2.24) is 10.3 Å². The van der Waals surface area contributed by atoms with E-state index in [1.54, 1.807) is 18.3 Å². The van der Waals surface area contributed by atoms with Crippen molar-refractivity contribution in [1.29, 1.82) is 0 Å². The summed E-state index contributed by atoms with van der Waals surface area (Å²) in [7, 11) is 0. The van der Waals surface area contributed by atoms with Crippen LogP contribution >= 0.6 is 0 Å². The first-order chi connectivity index (χ1) is 7.29. The van der Waals surface area contributed by atoms with Crippen LogP contribution in [0.5, 0.6) is 5.88 Å². The lowest BCUT2D eigenvalue weighted by Gasteiger charge is -1.93. The van der Waals surface area contributed by atoms with Gasteiger partial charge in [-0.3, -0.25) is 4.79 Å². The van der Waals surface area contributed by atoms with Gasteiger partial charge in [0.15, 0.2) is 5.88 Å². The van der Waals surface area contributed by atoms with Crippen LogP contribution in [0.4, 0.5) is 0 Å². The van der Waals surface area contributed by atoms with E-state index in [0.29, 0.717) is 6.41 Å². The van der Waals surface area contributed by atoms with Gasteiger partial charge in [-0.1, -0.05) is 12.1 Å². The molecule has 3 N–H and O–H groups in total. The van der Waals surface area contributed by atoms with Gasteiger partial charge >= 0.3 is 0 Å². The summed E-state index contributed by atoms with van der Waals surface area (Å²) >= 11 is 0. The number of rotatable bonds is 3. The third-order valence-electron chi connectivity index (χ3n) is 2.07. The number of aromatic amines is 1. The van der Waals surface area contributed by atoms with Crippen molar-refractivity contribution in [3.05, 3.63) is 36.0 Å². The Morgan fingerprint density at radius 2 is 2.20 bits per heavy atom. The highest BCUT2D eigenvalue weighted by molar-refractivity contribution is 5.83. The predicted octanol–water partition coefficient (Wildman–Crippen LogP) is 1.59. The number of amides is 1. The second kappa shape index (κ2) is 3.88. The van der Waals surface area contributed by atoms with Gasteiger partial charge in [-0.05, 0) is 17.7 Å². The largest absolute Gasteiger partial charge is 0.495 e. The monoisotopic (exact) mass is 202 g/mol. The van der Waals surface area contributed by atoms with Gasteiger partial charge in [-0.25, -0.2) is 0 Å². The smallest absolute Gasteiger partial charge is 0.211 e. The molecule has 0 radical (unpaired) electrons. The SMILES string of the molecule is O=CN/C=C/c1ccc2cc(O)[nH]c2c1. The van der Waals surface area contributed by atoms with E-state index in [1.165, 1.54) is 0 Å². The van der Waals surface area contributed by atoms with Gasteiger partial charge in [-0.15, -0.1) is 0 Å². The van der Waals surface area contributed by atoms with Crippen LogP contribution in [0.1, 0.15) is 5.56 Å². The Morgan fingerprint density at radius 3 is 3.00 bits per heavy atom. The molecule has 4 nitrogen and oxygen atoms in total. The molecule has 0 spiro atoms. The van der Waals surface area contributed by atoms with Crippen molar-refractivity contribution >= 4 is 23.4 Å². The molecular formula is C11H10N2O2. The maximum atomic E-state index is 10.0. The fourth-order valence-corrected chi connectivity index (χ4v) is 1.42. The molecule has 0 aliphatic rings. The van der Waals surface area contributed by atoms with E-state index in [2.05, 4.69) is 10.3 Å². The lowest BCUT2D eigenvalue weighted by atomic mass is 10.1. The minimum atomic E-state index is 0.150. The average molecular weight is 202 g/mol. The molecule has 1 aromatic carbocycles. The van der Waals surface area contributed by atoms with Gasteiger partial charge in [0, 0.05) is 23.2 Å². The highest BCUT2D eigenvalue weighted by Gasteiger charge is 1.98. The van der Waals surface area contributed by atoms with E-state index >= 15 is 0 Å². The molecule has 15 heavy (non-hydrogen) atoms. The Kier molecular flexibility index (Phi) is 2.41. The maximum absolute atomic E-state index is 10.0. The molecule has 1 amide bonds. The first-order valence-electron chi connectivity index (χ1n) is 4.47. The van der Waals surface area contributed by atoms with Gasteiger partial charge < -0.3 is 15.4 Å². The number of carbonyl (C=O) groups is 1. The molecule has 1 heterocycles. The van der Waals surface area contributed by atoms with Crippen molar-refractivity contribution in [3.8, 4) is 5.88 Å². The number of benzene rings is 1. The van der Waals surface area contributed by atoms with Crippen LogP contribution in [0.2, 0.25) is 0 Å². The number of aromatic hydroxyl groups is 1. The second-order valence-corrected chi connectivity index (χ2v) is 3.12. The van der Waals surface area contributed by atoms with Gasteiger partial charge in [0.05, 0.1) is 0 Å². The average Bonchev–Trinajstić information content (AvgIpc) is 2.57. The summed E-state index contributed by atoms with van der Waals surface area (Å²) in [5.74, 6) is 0.150. The molecule has 0 saturated carbocycles. The van der Waals surface area contributed by atoms with Crippen LogP contribution < -0.4 is 5.32 Å². The molecule has 0 atom stereocenters. The zero-order valence-electron chi connectivity index (χ0n) is 7.90. The number of carbonyl (C=O) groups excluding carboxylic acids is 1. The highest BCUT2D eigenvalue weighted by Crippen LogP contribution is 2.20. The molecule has 0 bridgehead atoms. The first-order valence-corrected chi connectivity index (χ1v) is 4.47. The Bertz CT molecular complexity index is 514. The van der Waals surface area contributed by atoms with E-state index in [0.717, 1.165) is 16.5 Å². The number of hydrogen-bond acceptors (Lipinski definition) is 2. The summed E-state index contributed by atoms with van der Waals surface area (Å²) in [6.07, 6.45) is 3.93. The van der Waals surface area contributed by atoms with E-state index in [1.807, 2.05) is 18.2 Å². The van der Waals surface area contributed by atoms with Gasteiger partial charge in [0.1, 0.15) is 0 Å². The van der Waals surface area contributed by atoms with E-state index < -0.39 is 0 Å². The summed E-state index contributed by atoms with van der Waals surface area (Å²) in [6.45, 7) is 0. The normalized spacial score (nSPS) is 10.9. The van der Waals surface area contributed by atoms with Crippen LogP contribution in [0.15, 0.2) is 30.5 Å². The minimum Gasteiger partial charge on any atom is -0.495 e. The van der Waals surface area contributed by atoms with Gasteiger partial charge in [0.2, 0.25) is 6.41 Å². The fraction of sp³-hybridized carbons (Fsp3) is 0. The minimum absolute atomic E-state index is 0.150. The summed E-state index contributed by atoms with van der Waals surface area (Å²) in [5, 5.41) is 12.6. The zero-order chi connectivity index (χ0) is 10.7. The molecular weight excluding hydrogens is 192 g/mol. The Hall–Kier alpha value is -2.23. The number of aromatic nitrogens is 1. The van der Waals surface area contributed by atoms with Crippen molar-refractivity contribution in [3.63, 3.8) is 0 Å². The summed E-state index contributed by atoms with van der Waals surface area (Å²) in [5.41, 5.74) is 1.81. The number of H-pyrrole nitrogens is 1. The molecule has 1 aromatic heterocycles. The predicted molar refractivity (Wildman–Crippen MR) is 58.2 cm³/mol. The Balaban J connectivity index is 2.33. The van der Waals surface area contributed by atoms with Crippen molar-refractivity contribution in [2.45, 2.75) is 0 Å². The third kappa shape index (κ3) is 1.99. The van der Waals surface area contributed by atoms with Crippen molar-refractivity contribution in [2.75, 3.05) is 0 Å². The Labute approximate surface area is 86.2 Å². The quantitative estimate of drug-likeness (QED) is 0.662. The molecule has 2 rings (SSSR count). The highest BCUT2D eigenvalue weighted by atomic mass is 16.3. The summed E-state index contributed by atoms with van der Waals surface area (Å²) < 4.78 is 0. The topological polar surface area (TPSA) is 65.1 Å². The molecule has 0 saturated heterocycles. The zero-order valence-corrected chi connectivity index (χ0v) is 7.90. The standard InChI is InChI=1S/C11H10N2O2/c14-7-12-4-3-8-1-2-9-6-11(15)13-10(9)5-8/h1-7,13,15H,(H,12,14)/b4-3+. The van der Waals surface area contributed by atoms with Crippen molar-refractivity contribution < 1.29 is 9.90 Å². The summed E-state index contributed by atoms with van der Waals surface area (Å²) in [6, 6.07) is 7.34. The number of fused-ring (bicyclic) bond motifs is 1. The number of nitrogens with one attached hydrogen (secondary N) is 2. The molecule has 76 valence electrons. The van der Waals surface area contributed by atoms with Crippen molar-refractivity contribution in [2.24, 2.45) is 0 Å². The van der Waals surface area contributed by atoms with Crippen LogP contribution in [0.25, 0.3) is 17.0 Å². The fourth-order valence-electron chi connectivity index (χ4n) is 1.42. The molecule has 0 aliphatic heterocycles. The molecule has 0 fully saturated rings. The summed E-state index contributed by atoms with van der Waals surface area (Å²) in [4.78, 5) is 12.8. The Morgan fingerprint density at radius 1 is 1.33 bits per heavy atom. The molecule has 0 unspecified atom stereocenters. The van der Waals surface area contributed by atoms with Gasteiger partial charge in [-0.2, -0.15) is 0 Å². The molecule has 0 aliphatic carbocycles. The lowest BCUT2D eigenvalue weighted by Crippen LogP contribution is -1.97.